The van der Waals surface area contributed by atoms with E-state index in [4.69, 9.17) is 0 Å². The van der Waals surface area contributed by atoms with Crippen LogP contribution >= 0.6 is 0 Å². The first-order chi connectivity index (χ1) is 13.9. The Labute approximate surface area is 178 Å². The second-order valence-electron chi connectivity index (χ2n) is 8.45. The van der Waals surface area contributed by atoms with E-state index < -0.39 is 18.6 Å². The maximum atomic E-state index is 13.2. The van der Waals surface area contributed by atoms with E-state index in [0.717, 1.165) is 11.1 Å². The van der Waals surface area contributed by atoms with Crippen LogP contribution in [0.4, 0.5) is 0 Å². The number of hydrazine groups is 1. The first-order valence-electron chi connectivity index (χ1n) is 9.81. The SMILES string of the molecule is CNCc1ccc(C(=O)NN(C(=O)c2cc(C)cc(C)c2)C(C)(C)C)cc1B(O)O. The van der Waals surface area contributed by atoms with Gasteiger partial charge in [-0.2, -0.15) is 0 Å². The molecule has 0 aromatic heterocycles. The second kappa shape index (κ2) is 9.42. The lowest BCUT2D eigenvalue weighted by atomic mass is 9.76. The summed E-state index contributed by atoms with van der Waals surface area (Å²) >= 11 is 0. The number of nitrogens with zero attached hydrogens (tertiary/aromatic N) is 1. The lowest BCUT2D eigenvalue weighted by Gasteiger charge is -2.35. The number of nitrogens with one attached hydrogen (secondary N) is 2. The molecule has 0 unspecified atom stereocenters. The maximum Gasteiger partial charge on any atom is 0.488 e. The summed E-state index contributed by atoms with van der Waals surface area (Å²) in [4.78, 5) is 26.1. The molecule has 2 aromatic carbocycles. The van der Waals surface area contributed by atoms with Gasteiger partial charge in [-0.3, -0.25) is 15.0 Å². The van der Waals surface area contributed by atoms with Crippen LogP contribution in [0.5, 0.6) is 0 Å². The fourth-order valence-electron chi connectivity index (χ4n) is 3.24. The quantitative estimate of drug-likeness (QED) is 0.439. The van der Waals surface area contributed by atoms with Crippen molar-refractivity contribution in [1.82, 2.24) is 15.8 Å². The minimum atomic E-state index is -1.71. The molecule has 2 aromatic rings. The number of hydrogen-bond donors (Lipinski definition) is 4. The second-order valence-corrected chi connectivity index (χ2v) is 8.45. The molecule has 0 aliphatic heterocycles. The van der Waals surface area contributed by atoms with Crippen LogP contribution < -0.4 is 16.2 Å². The average Bonchev–Trinajstić information content (AvgIpc) is 2.64. The third kappa shape index (κ3) is 5.69. The van der Waals surface area contributed by atoms with Gasteiger partial charge < -0.3 is 15.4 Å². The average molecular weight is 411 g/mol. The summed E-state index contributed by atoms with van der Waals surface area (Å²) in [5, 5.41) is 23.6. The molecule has 0 saturated heterocycles. The number of amides is 2. The fraction of sp³-hybridized carbons (Fsp3) is 0.364. The molecule has 7 nitrogen and oxygen atoms in total. The lowest BCUT2D eigenvalue weighted by molar-refractivity contribution is 0.0358. The molecule has 2 amide bonds. The van der Waals surface area contributed by atoms with E-state index in [1.165, 1.54) is 11.1 Å². The minimum Gasteiger partial charge on any atom is -0.423 e. The van der Waals surface area contributed by atoms with E-state index in [2.05, 4.69) is 10.7 Å². The molecule has 30 heavy (non-hydrogen) atoms. The van der Waals surface area contributed by atoms with Gasteiger partial charge in [0.1, 0.15) is 0 Å². The number of hydrogen-bond acceptors (Lipinski definition) is 5. The molecule has 8 heteroatoms. The summed E-state index contributed by atoms with van der Waals surface area (Å²) in [6.45, 7) is 9.73. The van der Waals surface area contributed by atoms with Crippen molar-refractivity contribution in [3.8, 4) is 0 Å². The highest BCUT2D eigenvalue weighted by atomic mass is 16.4. The van der Waals surface area contributed by atoms with Crippen LogP contribution in [0.1, 0.15) is 58.2 Å². The van der Waals surface area contributed by atoms with Gasteiger partial charge in [0.05, 0.1) is 5.54 Å². The topological polar surface area (TPSA) is 102 Å². The Hall–Kier alpha value is -2.68. The van der Waals surface area contributed by atoms with E-state index in [1.807, 2.05) is 40.7 Å². The molecular formula is C22H30BN3O4. The Morgan fingerprint density at radius 1 is 1.00 bits per heavy atom. The van der Waals surface area contributed by atoms with Crippen molar-refractivity contribution in [1.29, 1.82) is 0 Å². The number of carbonyl (C=O) groups excluding carboxylic acids is 2. The molecule has 0 spiro atoms. The van der Waals surface area contributed by atoms with E-state index >= 15 is 0 Å². The zero-order valence-corrected chi connectivity index (χ0v) is 18.4. The van der Waals surface area contributed by atoms with Gasteiger partial charge >= 0.3 is 7.12 Å². The van der Waals surface area contributed by atoms with E-state index in [9.17, 15) is 19.6 Å². The Morgan fingerprint density at radius 2 is 1.60 bits per heavy atom. The molecule has 2 rings (SSSR count). The number of rotatable bonds is 5. The van der Waals surface area contributed by atoms with Crippen LogP contribution in [0.2, 0.25) is 0 Å². The van der Waals surface area contributed by atoms with Gasteiger partial charge in [-0.1, -0.05) is 23.3 Å². The van der Waals surface area contributed by atoms with Gasteiger partial charge in [0.25, 0.3) is 11.8 Å². The molecule has 0 heterocycles. The first-order valence-corrected chi connectivity index (χ1v) is 9.81. The predicted octanol–water partition coefficient (Wildman–Crippen LogP) is 1.29. The summed E-state index contributed by atoms with van der Waals surface area (Å²) in [7, 11) is 0.0327. The standard InChI is InChI=1S/C22H30BN3O4/c1-14-9-15(2)11-18(10-14)21(28)26(22(3,4)5)25-20(27)16-7-8-17(13-24-6)19(12-16)23(29)30/h7-12,24,29-30H,13H2,1-6H3,(H,25,27). The molecule has 0 aliphatic carbocycles. The highest BCUT2D eigenvalue weighted by Gasteiger charge is 2.30. The molecule has 160 valence electrons. The molecule has 0 aliphatic rings. The zero-order chi connectivity index (χ0) is 22.6. The summed E-state index contributed by atoms with van der Waals surface area (Å²) in [6.07, 6.45) is 0. The normalized spacial score (nSPS) is 11.2. The zero-order valence-electron chi connectivity index (χ0n) is 18.4. The van der Waals surface area contributed by atoms with Crippen LogP contribution in [-0.4, -0.2) is 46.6 Å². The van der Waals surface area contributed by atoms with Gasteiger partial charge in [-0.15, -0.1) is 0 Å². The smallest absolute Gasteiger partial charge is 0.423 e. The summed E-state index contributed by atoms with van der Waals surface area (Å²) in [5.74, 6) is -0.836. The Kier molecular flexibility index (Phi) is 7.41. The Balaban J connectivity index is 2.36. The molecule has 0 radical (unpaired) electrons. The van der Waals surface area contributed by atoms with E-state index in [-0.39, 0.29) is 16.9 Å². The van der Waals surface area contributed by atoms with Crippen molar-refractivity contribution < 1.29 is 19.6 Å². The summed E-state index contributed by atoms with van der Waals surface area (Å²) in [6, 6.07) is 10.2. The lowest BCUT2D eigenvalue weighted by Crippen LogP contribution is -2.56. The van der Waals surface area contributed by atoms with Crippen molar-refractivity contribution in [3.05, 3.63) is 64.2 Å². The van der Waals surface area contributed by atoms with Crippen LogP contribution in [0.3, 0.4) is 0 Å². The predicted molar refractivity (Wildman–Crippen MR) is 118 cm³/mol. The minimum absolute atomic E-state index is 0.223. The highest BCUT2D eigenvalue weighted by molar-refractivity contribution is 6.59. The number of carbonyl (C=O) groups is 2. The van der Waals surface area contributed by atoms with E-state index in [1.54, 1.807) is 31.3 Å². The molecule has 4 N–H and O–H groups in total. The summed E-state index contributed by atoms with van der Waals surface area (Å²) in [5.41, 5.74) is 5.54. The monoisotopic (exact) mass is 411 g/mol. The van der Waals surface area contributed by atoms with Crippen LogP contribution in [0, 0.1) is 13.8 Å². The van der Waals surface area contributed by atoms with E-state index in [0.29, 0.717) is 17.7 Å². The van der Waals surface area contributed by atoms with Crippen molar-refractivity contribution in [2.45, 2.75) is 46.7 Å². The first kappa shape index (κ1) is 23.6. The van der Waals surface area contributed by atoms with Gasteiger partial charge in [0.2, 0.25) is 0 Å². The van der Waals surface area contributed by atoms with Crippen molar-refractivity contribution in [2.24, 2.45) is 0 Å². The maximum absolute atomic E-state index is 13.2. The number of benzene rings is 2. The van der Waals surface area contributed by atoms with Gasteiger partial charge in [0.15, 0.2) is 0 Å². The van der Waals surface area contributed by atoms with Crippen molar-refractivity contribution in [3.63, 3.8) is 0 Å². The third-order valence-corrected chi connectivity index (χ3v) is 4.61. The molecule has 0 fully saturated rings. The summed E-state index contributed by atoms with van der Waals surface area (Å²) < 4.78 is 0. The van der Waals surface area contributed by atoms with Crippen LogP contribution in [0.25, 0.3) is 0 Å². The molecule has 0 bridgehead atoms. The van der Waals surface area contributed by atoms with Gasteiger partial charge in [-0.05, 0) is 77.0 Å². The van der Waals surface area contributed by atoms with Crippen LogP contribution in [0.15, 0.2) is 36.4 Å². The fourth-order valence-corrected chi connectivity index (χ4v) is 3.24. The Bertz CT molecular complexity index is 918. The Morgan fingerprint density at radius 3 is 2.10 bits per heavy atom. The van der Waals surface area contributed by atoms with Crippen LogP contribution in [-0.2, 0) is 6.54 Å². The van der Waals surface area contributed by atoms with Gasteiger partial charge in [-0.25, -0.2) is 5.01 Å². The van der Waals surface area contributed by atoms with Crippen molar-refractivity contribution in [2.75, 3.05) is 7.05 Å². The molecule has 0 saturated carbocycles. The third-order valence-electron chi connectivity index (χ3n) is 4.61. The highest BCUT2D eigenvalue weighted by Crippen LogP contribution is 2.18. The number of aryl methyl sites for hydroxylation is 2. The van der Waals surface area contributed by atoms with Crippen molar-refractivity contribution >= 4 is 24.4 Å². The largest absolute Gasteiger partial charge is 0.488 e. The molecular weight excluding hydrogens is 381 g/mol. The van der Waals surface area contributed by atoms with Gasteiger partial charge in [0, 0.05) is 17.7 Å². The molecule has 0 atom stereocenters.